The Kier molecular flexibility index (Phi) is 4.84. The lowest BCUT2D eigenvalue weighted by Gasteiger charge is -2.14. The molecule has 2 nitrogen and oxygen atoms in total. The van der Waals surface area contributed by atoms with Gasteiger partial charge in [0, 0.05) is 17.1 Å². The molecule has 2 N–H and O–H groups in total. The first kappa shape index (κ1) is 13.1. The lowest BCUT2D eigenvalue weighted by Crippen LogP contribution is -2.09. The number of rotatable bonds is 4. The predicted molar refractivity (Wildman–Crippen MR) is 68.9 cm³/mol. The van der Waals surface area contributed by atoms with Crippen molar-refractivity contribution in [1.82, 2.24) is 0 Å². The van der Waals surface area contributed by atoms with Crippen LogP contribution in [0.2, 0.25) is 0 Å². The molecule has 0 unspecified atom stereocenters. The van der Waals surface area contributed by atoms with E-state index in [0.29, 0.717) is 6.61 Å². The third-order valence-corrected chi connectivity index (χ3v) is 2.67. The highest BCUT2D eigenvalue weighted by molar-refractivity contribution is 6.25. The highest BCUT2D eigenvalue weighted by Gasteiger charge is 2.08. The molecule has 0 aromatic heterocycles. The number of hydrogen-bond acceptors (Lipinski definition) is 2. The zero-order valence-corrected chi connectivity index (χ0v) is 10.7. The molecule has 0 aliphatic heterocycles. The second-order valence-corrected chi connectivity index (χ2v) is 4.29. The van der Waals surface area contributed by atoms with E-state index in [1.165, 1.54) is 11.1 Å². The van der Waals surface area contributed by atoms with Gasteiger partial charge in [0.05, 0.1) is 0 Å². The van der Waals surface area contributed by atoms with Gasteiger partial charge in [-0.3, -0.25) is 0 Å². The van der Waals surface area contributed by atoms with E-state index in [4.69, 9.17) is 22.1 Å². The van der Waals surface area contributed by atoms with Crippen molar-refractivity contribution in [2.75, 3.05) is 6.61 Å². The molecule has 1 atom stereocenters. The van der Waals surface area contributed by atoms with Crippen LogP contribution in [0, 0.1) is 6.92 Å². The molecule has 0 heterocycles. The van der Waals surface area contributed by atoms with Gasteiger partial charge < -0.3 is 10.5 Å². The monoisotopic (exact) mass is 239 g/mol. The minimum atomic E-state index is -0.0322. The number of hydrogen-bond donors (Lipinski definition) is 1. The second kappa shape index (κ2) is 5.92. The van der Waals surface area contributed by atoms with Gasteiger partial charge in [0.15, 0.2) is 0 Å². The van der Waals surface area contributed by atoms with Crippen molar-refractivity contribution in [2.45, 2.75) is 26.8 Å². The topological polar surface area (TPSA) is 35.2 Å². The van der Waals surface area contributed by atoms with E-state index in [1.54, 1.807) is 0 Å². The Balaban J connectivity index is 2.87. The fourth-order valence-corrected chi connectivity index (χ4v) is 1.44. The summed E-state index contributed by atoms with van der Waals surface area (Å²) in [4.78, 5) is 0. The summed E-state index contributed by atoms with van der Waals surface area (Å²) in [5.41, 5.74) is 10.6. The summed E-state index contributed by atoms with van der Waals surface area (Å²) in [7, 11) is 0. The Morgan fingerprint density at radius 2 is 2.25 bits per heavy atom. The van der Waals surface area contributed by atoms with E-state index in [0.717, 1.165) is 16.9 Å². The quantitative estimate of drug-likeness (QED) is 0.872. The normalized spacial score (nSPS) is 13.7. The molecule has 0 saturated carbocycles. The second-order valence-electron chi connectivity index (χ2n) is 4.07. The van der Waals surface area contributed by atoms with Crippen LogP contribution in [-0.2, 0) is 0 Å². The Morgan fingerprint density at radius 3 is 2.81 bits per heavy atom. The Bertz CT molecular complexity index is 386. The van der Waals surface area contributed by atoms with Gasteiger partial charge in [-0.05, 0) is 32.4 Å². The minimum Gasteiger partial charge on any atom is -0.489 e. The van der Waals surface area contributed by atoms with Gasteiger partial charge in [0.25, 0.3) is 0 Å². The lowest BCUT2D eigenvalue weighted by atomic mass is 10.1. The first-order valence-electron chi connectivity index (χ1n) is 5.29. The molecule has 0 fully saturated rings. The molecule has 1 aromatic carbocycles. The van der Waals surface area contributed by atoms with Gasteiger partial charge in [-0.2, -0.15) is 0 Å². The fraction of sp³-hybridized carbons (Fsp3) is 0.385. The van der Waals surface area contributed by atoms with Crippen LogP contribution in [0.3, 0.4) is 0 Å². The van der Waals surface area contributed by atoms with Gasteiger partial charge in [0.2, 0.25) is 0 Å². The molecule has 0 aliphatic rings. The Hall–Kier alpha value is -0.990. The highest BCUT2D eigenvalue weighted by atomic mass is 35.5. The largest absolute Gasteiger partial charge is 0.489 e. The van der Waals surface area contributed by atoms with Gasteiger partial charge in [0.1, 0.15) is 12.4 Å². The zero-order chi connectivity index (χ0) is 12.1. The molecule has 0 aliphatic carbocycles. The van der Waals surface area contributed by atoms with Crippen LogP contribution in [0.15, 0.2) is 29.3 Å². The van der Waals surface area contributed by atoms with Crippen molar-refractivity contribution in [3.63, 3.8) is 0 Å². The number of halogens is 1. The van der Waals surface area contributed by atoms with Gasteiger partial charge in [-0.1, -0.05) is 29.3 Å². The average molecular weight is 240 g/mol. The SMILES string of the molecule is C/C(=C\Cl)COc1ccc(C)cc1[C@H](C)N. The number of nitrogens with two attached hydrogens (primary N) is 1. The third-order valence-electron chi connectivity index (χ3n) is 2.30. The summed E-state index contributed by atoms with van der Waals surface area (Å²) < 4.78 is 5.67. The van der Waals surface area contributed by atoms with Crippen LogP contribution in [0.1, 0.15) is 31.0 Å². The summed E-state index contributed by atoms with van der Waals surface area (Å²) in [5.74, 6) is 0.832. The summed E-state index contributed by atoms with van der Waals surface area (Å²) in [5, 5.41) is 0. The van der Waals surface area contributed by atoms with Crippen LogP contribution in [-0.4, -0.2) is 6.61 Å². The van der Waals surface area contributed by atoms with Gasteiger partial charge in [-0.25, -0.2) is 0 Å². The predicted octanol–water partition coefficient (Wildman–Crippen LogP) is 3.54. The Labute approximate surface area is 102 Å². The van der Waals surface area contributed by atoms with Crippen LogP contribution < -0.4 is 10.5 Å². The molecular formula is C13H18ClNO. The maximum atomic E-state index is 5.90. The van der Waals surface area contributed by atoms with Crippen molar-refractivity contribution < 1.29 is 4.74 Å². The molecular weight excluding hydrogens is 222 g/mol. The van der Waals surface area contributed by atoms with E-state index in [-0.39, 0.29) is 6.04 Å². The molecule has 0 radical (unpaired) electrons. The van der Waals surface area contributed by atoms with Crippen molar-refractivity contribution in [1.29, 1.82) is 0 Å². The van der Waals surface area contributed by atoms with Gasteiger partial charge >= 0.3 is 0 Å². The third kappa shape index (κ3) is 3.54. The van der Waals surface area contributed by atoms with E-state index < -0.39 is 0 Å². The lowest BCUT2D eigenvalue weighted by molar-refractivity contribution is 0.346. The van der Waals surface area contributed by atoms with E-state index >= 15 is 0 Å². The maximum Gasteiger partial charge on any atom is 0.124 e. The van der Waals surface area contributed by atoms with Crippen LogP contribution in [0.25, 0.3) is 0 Å². The molecule has 88 valence electrons. The van der Waals surface area contributed by atoms with Crippen molar-refractivity contribution in [2.24, 2.45) is 5.73 Å². The first-order chi connectivity index (χ1) is 7.54. The molecule has 0 saturated heterocycles. The van der Waals surface area contributed by atoms with E-state index in [9.17, 15) is 0 Å². The molecule has 16 heavy (non-hydrogen) atoms. The molecule has 1 rings (SSSR count). The fourth-order valence-electron chi connectivity index (χ4n) is 1.38. The maximum absolute atomic E-state index is 5.90. The van der Waals surface area contributed by atoms with E-state index in [2.05, 4.69) is 6.07 Å². The Morgan fingerprint density at radius 1 is 1.56 bits per heavy atom. The highest BCUT2D eigenvalue weighted by Crippen LogP contribution is 2.25. The van der Waals surface area contributed by atoms with Crippen molar-refractivity contribution in [3.8, 4) is 5.75 Å². The van der Waals surface area contributed by atoms with Crippen LogP contribution in [0.5, 0.6) is 5.75 Å². The standard InChI is InChI=1S/C13H18ClNO/c1-9-4-5-13(12(6-9)11(3)15)16-8-10(2)7-14/h4-7,11H,8,15H2,1-3H3/b10-7+/t11-/m0/s1. The average Bonchev–Trinajstić information content (AvgIpc) is 2.26. The van der Waals surface area contributed by atoms with Crippen LogP contribution in [0.4, 0.5) is 0 Å². The smallest absolute Gasteiger partial charge is 0.124 e. The zero-order valence-electron chi connectivity index (χ0n) is 9.96. The minimum absolute atomic E-state index is 0.0322. The summed E-state index contributed by atoms with van der Waals surface area (Å²) in [6, 6.07) is 5.99. The number of ether oxygens (including phenoxy) is 1. The number of benzene rings is 1. The van der Waals surface area contributed by atoms with E-state index in [1.807, 2.05) is 32.9 Å². The summed E-state index contributed by atoms with van der Waals surface area (Å²) in [6.07, 6.45) is 0. The molecule has 1 aromatic rings. The summed E-state index contributed by atoms with van der Waals surface area (Å²) >= 11 is 5.58. The van der Waals surface area contributed by atoms with Crippen molar-refractivity contribution in [3.05, 3.63) is 40.4 Å². The molecule has 0 bridgehead atoms. The first-order valence-corrected chi connectivity index (χ1v) is 5.73. The van der Waals surface area contributed by atoms with Crippen LogP contribution >= 0.6 is 11.6 Å². The molecule has 3 heteroatoms. The van der Waals surface area contributed by atoms with Gasteiger partial charge in [-0.15, -0.1) is 0 Å². The molecule has 0 amide bonds. The number of aryl methyl sites for hydroxylation is 1. The molecule has 0 spiro atoms. The summed E-state index contributed by atoms with van der Waals surface area (Å²) in [6.45, 7) is 6.41. The van der Waals surface area contributed by atoms with Crippen molar-refractivity contribution >= 4 is 11.6 Å².